The number of nitrogens with zero attached hydrogens (tertiary/aromatic N) is 3. The maximum absolute atomic E-state index is 9.63. The van der Waals surface area contributed by atoms with Crippen molar-refractivity contribution in [1.82, 2.24) is 9.30 Å². The molecule has 0 aliphatic carbocycles. The van der Waals surface area contributed by atoms with Crippen molar-refractivity contribution in [3.05, 3.63) is 41.7 Å². The lowest BCUT2D eigenvalue weighted by molar-refractivity contribution is 0.131. The van der Waals surface area contributed by atoms with Crippen molar-refractivity contribution in [2.45, 2.75) is 44.9 Å². The minimum Gasteiger partial charge on any atom is -0.393 e. The van der Waals surface area contributed by atoms with Crippen LogP contribution >= 0.6 is 0 Å². The van der Waals surface area contributed by atoms with Gasteiger partial charge < -0.3 is 9.51 Å². The summed E-state index contributed by atoms with van der Waals surface area (Å²) in [6.07, 6.45) is 6.91. The molecule has 1 aliphatic rings. The van der Waals surface area contributed by atoms with Crippen molar-refractivity contribution in [3.8, 4) is 6.07 Å². The Kier molecular flexibility index (Phi) is 3.96. The van der Waals surface area contributed by atoms with Crippen molar-refractivity contribution in [3.63, 3.8) is 0 Å². The van der Waals surface area contributed by atoms with Crippen molar-refractivity contribution in [2.75, 3.05) is 6.54 Å². The van der Waals surface area contributed by atoms with Gasteiger partial charge in [-0.15, -0.1) is 0 Å². The number of rotatable bonds is 4. The topological polar surface area (TPSA) is 51.7 Å². The van der Waals surface area contributed by atoms with E-state index < -0.39 is 0 Å². The third-order valence-electron chi connectivity index (χ3n) is 4.36. The molecule has 0 spiro atoms. The van der Waals surface area contributed by atoms with E-state index >= 15 is 0 Å². The highest BCUT2D eigenvalue weighted by atomic mass is 16.3. The van der Waals surface area contributed by atoms with Crippen LogP contribution in [-0.4, -0.2) is 33.1 Å². The van der Waals surface area contributed by atoms with Gasteiger partial charge in [-0.05, 0) is 44.9 Å². The number of aromatic nitrogens is 1. The van der Waals surface area contributed by atoms with Crippen LogP contribution in [0.3, 0.4) is 0 Å². The van der Waals surface area contributed by atoms with E-state index in [2.05, 4.69) is 17.2 Å². The Morgan fingerprint density at radius 2 is 2.33 bits per heavy atom. The van der Waals surface area contributed by atoms with Gasteiger partial charge in [-0.1, -0.05) is 6.07 Å². The molecule has 2 aromatic rings. The van der Waals surface area contributed by atoms with E-state index in [4.69, 9.17) is 0 Å². The Morgan fingerprint density at radius 3 is 3.10 bits per heavy atom. The lowest BCUT2D eigenvalue weighted by atomic mass is 10.1. The van der Waals surface area contributed by atoms with E-state index in [1.165, 1.54) is 6.42 Å². The van der Waals surface area contributed by atoms with Crippen molar-refractivity contribution >= 4 is 5.52 Å². The van der Waals surface area contributed by atoms with Gasteiger partial charge in [0, 0.05) is 30.5 Å². The van der Waals surface area contributed by atoms with Crippen molar-refractivity contribution in [1.29, 1.82) is 5.26 Å². The molecular formula is C17H21N3O. The summed E-state index contributed by atoms with van der Waals surface area (Å²) in [5, 5.41) is 19.1. The molecular weight excluding hydrogens is 262 g/mol. The third-order valence-corrected chi connectivity index (χ3v) is 4.36. The second kappa shape index (κ2) is 5.88. The van der Waals surface area contributed by atoms with Crippen LogP contribution in [0.25, 0.3) is 5.52 Å². The first-order valence-electron chi connectivity index (χ1n) is 7.60. The van der Waals surface area contributed by atoms with Gasteiger partial charge in [0.05, 0.1) is 17.2 Å². The molecule has 1 fully saturated rings. The summed E-state index contributed by atoms with van der Waals surface area (Å²) in [4.78, 5) is 2.41. The Morgan fingerprint density at radius 1 is 1.48 bits per heavy atom. The van der Waals surface area contributed by atoms with Crippen LogP contribution < -0.4 is 0 Å². The number of hydrogen-bond donors (Lipinski definition) is 1. The molecule has 0 amide bonds. The predicted octanol–water partition coefficient (Wildman–Crippen LogP) is 2.55. The average Bonchev–Trinajstić information content (AvgIpc) is 3.02. The number of hydrogen-bond acceptors (Lipinski definition) is 3. The fourth-order valence-corrected chi connectivity index (χ4v) is 3.41. The first-order chi connectivity index (χ1) is 10.2. The number of likely N-dealkylation sites (tertiary alicyclic amines) is 1. The fraction of sp³-hybridized carbons (Fsp3) is 0.471. The zero-order chi connectivity index (χ0) is 14.8. The minimum atomic E-state index is -0.265. The Bertz CT molecular complexity index is 668. The molecule has 1 aliphatic heterocycles. The maximum Gasteiger partial charge on any atom is 0.102 e. The number of nitriles is 1. The monoisotopic (exact) mass is 283 g/mol. The van der Waals surface area contributed by atoms with E-state index in [1.807, 2.05) is 35.7 Å². The Hall–Kier alpha value is -1.83. The zero-order valence-corrected chi connectivity index (χ0v) is 12.4. The number of pyridine rings is 1. The molecule has 3 heterocycles. The quantitative estimate of drug-likeness (QED) is 0.938. The van der Waals surface area contributed by atoms with Gasteiger partial charge >= 0.3 is 0 Å². The summed E-state index contributed by atoms with van der Waals surface area (Å²) in [6, 6.07) is 8.71. The molecule has 2 unspecified atom stereocenters. The van der Waals surface area contributed by atoms with E-state index in [-0.39, 0.29) is 6.10 Å². The maximum atomic E-state index is 9.63. The second-order valence-electron chi connectivity index (χ2n) is 5.99. The summed E-state index contributed by atoms with van der Waals surface area (Å²) >= 11 is 0. The lowest BCUT2D eigenvalue weighted by Gasteiger charge is -2.25. The summed E-state index contributed by atoms with van der Waals surface area (Å²) in [5.74, 6) is 0. The lowest BCUT2D eigenvalue weighted by Crippen LogP contribution is -2.31. The molecule has 0 bridgehead atoms. The van der Waals surface area contributed by atoms with Crippen LogP contribution in [0, 0.1) is 11.3 Å². The summed E-state index contributed by atoms with van der Waals surface area (Å²) < 4.78 is 2.02. The van der Waals surface area contributed by atoms with Crippen LogP contribution in [0.5, 0.6) is 0 Å². The predicted molar refractivity (Wildman–Crippen MR) is 81.8 cm³/mol. The number of aliphatic hydroxyl groups excluding tert-OH is 1. The van der Waals surface area contributed by atoms with Crippen LogP contribution in [0.1, 0.15) is 37.3 Å². The molecule has 2 atom stereocenters. The van der Waals surface area contributed by atoms with E-state index in [9.17, 15) is 10.4 Å². The largest absolute Gasteiger partial charge is 0.393 e. The number of aliphatic hydroxyl groups is 1. The third kappa shape index (κ3) is 2.80. The van der Waals surface area contributed by atoms with E-state index in [0.717, 1.165) is 42.6 Å². The molecule has 0 saturated carbocycles. The number of fused-ring (bicyclic) bond motifs is 1. The normalized spacial score (nSPS) is 20.7. The van der Waals surface area contributed by atoms with Crippen LogP contribution in [-0.2, 0) is 6.54 Å². The van der Waals surface area contributed by atoms with E-state index in [1.54, 1.807) is 0 Å². The van der Waals surface area contributed by atoms with Gasteiger partial charge in [-0.3, -0.25) is 4.90 Å². The van der Waals surface area contributed by atoms with Crippen LogP contribution in [0.2, 0.25) is 0 Å². The molecule has 4 heteroatoms. The molecule has 0 aromatic carbocycles. The average molecular weight is 283 g/mol. The van der Waals surface area contributed by atoms with Gasteiger partial charge in [-0.25, -0.2) is 0 Å². The van der Waals surface area contributed by atoms with Gasteiger partial charge in [-0.2, -0.15) is 5.26 Å². The van der Waals surface area contributed by atoms with Gasteiger partial charge in [0.25, 0.3) is 0 Å². The zero-order valence-electron chi connectivity index (χ0n) is 12.4. The summed E-state index contributed by atoms with van der Waals surface area (Å²) in [5.41, 5.74) is 2.83. The molecule has 0 radical (unpaired) electrons. The fourth-order valence-electron chi connectivity index (χ4n) is 3.41. The van der Waals surface area contributed by atoms with Gasteiger partial charge in [0.2, 0.25) is 0 Å². The van der Waals surface area contributed by atoms with Crippen LogP contribution in [0.15, 0.2) is 30.6 Å². The standard InChI is InChI=1S/C17H21N3O/c1-13(21)9-15-5-4-8-19(15)11-14-12-20-7-3-2-6-17(20)16(14)10-18/h2-3,6-7,12-13,15,21H,4-5,8-9,11H2,1H3. The Balaban J connectivity index is 1.86. The van der Waals surface area contributed by atoms with Crippen molar-refractivity contribution in [2.24, 2.45) is 0 Å². The highest BCUT2D eigenvalue weighted by molar-refractivity contribution is 5.65. The SMILES string of the molecule is CC(O)CC1CCCN1Cc1cn2ccccc2c1C#N. The van der Waals surface area contributed by atoms with E-state index in [0.29, 0.717) is 6.04 Å². The molecule has 110 valence electrons. The molecule has 4 nitrogen and oxygen atoms in total. The van der Waals surface area contributed by atoms with Gasteiger partial charge in [0.15, 0.2) is 0 Å². The molecule has 1 N–H and O–H groups in total. The first kappa shape index (κ1) is 14.1. The molecule has 2 aromatic heterocycles. The van der Waals surface area contributed by atoms with Crippen LogP contribution in [0.4, 0.5) is 0 Å². The minimum absolute atomic E-state index is 0.265. The highest BCUT2D eigenvalue weighted by Crippen LogP contribution is 2.26. The molecule has 3 rings (SSSR count). The van der Waals surface area contributed by atoms with Crippen molar-refractivity contribution < 1.29 is 5.11 Å². The smallest absolute Gasteiger partial charge is 0.102 e. The second-order valence-corrected chi connectivity index (χ2v) is 5.99. The summed E-state index contributed by atoms with van der Waals surface area (Å²) in [7, 11) is 0. The molecule has 21 heavy (non-hydrogen) atoms. The van der Waals surface area contributed by atoms with Gasteiger partial charge in [0.1, 0.15) is 6.07 Å². The summed E-state index contributed by atoms with van der Waals surface area (Å²) in [6.45, 7) is 3.69. The first-order valence-corrected chi connectivity index (χ1v) is 7.60. The Labute approximate surface area is 125 Å². The highest BCUT2D eigenvalue weighted by Gasteiger charge is 2.26. The molecule has 1 saturated heterocycles.